The van der Waals surface area contributed by atoms with Crippen LogP contribution in [0.4, 0.5) is 0 Å². The van der Waals surface area contributed by atoms with Crippen LogP contribution < -0.4 is 0 Å². The maximum Gasteiger partial charge on any atom is 0.196 e. The molecule has 1 aliphatic heterocycles. The van der Waals surface area contributed by atoms with E-state index in [0.717, 1.165) is 5.56 Å². The largest absolute Gasteiger partial charge is 0.345 e. The third-order valence-electron chi connectivity index (χ3n) is 3.47. The molecular weight excluding hydrogens is 252 g/mol. The topological polar surface area (TPSA) is 35.5 Å². The lowest BCUT2D eigenvalue weighted by Gasteiger charge is -2.21. The van der Waals surface area contributed by atoms with Gasteiger partial charge in [-0.1, -0.05) is 60.7 Å². The van der Waals surface area contributed by atoms with E-state index in [9.17, 15) is 4.79 Å². The Balaban J connectivity index is 1.80. The van der Waals surface area contributed by atoms with Crippen molar-refractivity contribution in [1.82, 2.24) is 0 Å². The Morgan fingerprint density at radius 3 is 2.30 bits per heavy atom. The first-order valence-electron chi connectivity index (χ1n) is 6.63. The lowest BCUT2D eigenvalue weighted by atomic mass is 9.96. The Morgan fingerprint density at radius 1 is 1.05 bits per heavy atom. The molecule has 3 rings (SSSR count). The van der Waals surface area contributed by atoms with Gasteiger partial charge in [0.1, 0.15) is 0 Å². The van der Waals surface area contributed by atoms with Crippen LogP contribution in [0.1, 0.15) is 29.1 Å². The van der Waals surface area contributed by atoms with Crippen molar-refractivity contribution in [2.24, 2.45) is 0 Å². The summed E-state index contributed by atoms with van der Waals surface area (Å²) in [5.74, 6) is -0.0449. The smallest absolute Gasteiger partial charge is 0.196 e. The zero-order chi connectivity index (χ0) is 14.0. The maximum atomic E-state index is 12.5. The van der Waals surface area contributed by atoms with Gasteiger partial charge >= 0.3 is 0 Å². The molecule has 2 aromatic carbocycles. The van der Waals surface area contributed by atoms with Crippen LogP contribution in [0, 0.1) is 0 Å². The number of hydrogen-bond donors (Lipinski definition) is 0. The first kappa shape index (κ1) is 13.0. The Hall–Kier alpha value is -1.97. The van der Waals surface area contributed by atoms with Gasteiger partial charge in [-0.3, -0.25) is 4.79 Å². The zero-order valence-corrected chi connectivity index (χ0v) is 11.3. The highest BCUT2D eigenvalue weighted by molar-refractivity contribution is 6.02. The summed E-state index contributed by atoms with van der Waals surface area (Å²) in [6.45, 7) is 2.05. The molecule has 1 heterocycles. The van der Waals surface area contributed by atoms with Crippen LogP contribution in [0.2, 0.25) is 0 Å². The van der Waals surface area contributed by atoms with Gasteiger partial charge in [0.05, 0.1) is 6.61 Å². The summed E-state index contributed by atoms with van der Waals surface area (Å²) in [7, 11) is 0. The van der Waals surface area contributed by atoms with Crippen LogP contribution in [-0.4, -0.2) is 18.0 Å². The van der Waals surface area contributed by atoms with Crippen LogP contribution in [0.25, 0.3) is 0 Å². The van der Waals surface area contributed by atoms with Crippen molar-refractivity contribution in [2.75, 3.05) is 6.61 Å². The average Bonchev–Trinajstić information content (AvgIpc) is 2.92. The van der Waals surface area contributed by atoms with E-state index in [1.165, 1.54) is 0 Å². The number of ketones is 1. The summed E-state index contributed by atoms with van der Waals surface area (Å²) < 4.78 is 11.5. The fourth-order valence-electron chi connectivity index (χ4n) is 2.33. The van der Waals surface area contributed by atoms with Crippen molar-refractivity contribution in [3.63, 3.8) is 0 Å². The van der Waals surface area contributed by atoms with E-state index in [-0.39, 0.29) is 12.4 Å². The molecule has 1 fully saturated rings. The molecule has 2 aromatic rings. The molecule has 0 unspecified atom stereocenters. The highest BCUT2D eigenvalue weighted by Gasteiger charge is 2.44. The van der Waals surface area contributed by atoms with Gasteiger partial charge in [0.2, 0.25) is 0 Å². The Bertz CT molecular complexity index is 594. The van der Waals surface area contributed by atoms with Gasteiger partial charge in [-0.05, 0) is 6.92 Å². The monoisotopic (exact) mass is 268 g/mol. The number of ether oxygens (including phenoxy) is 2. The molecule has 0 aromatic heterocycles. The van der Waals surface area contributed by atoms with Crippen LogP contribution in [0.3, 0.4) is 0 Å². The minimum Gasteiger partial charge on any atom is -0.345 e. The van der Waals surface area contributed by atoms with Crippen molar-refractivity contribution < 1.29 is 14.3 Å². The number of benzene rings is 2. The Kier molecular flexibility index (Phi) is 3.38. The standard InChI is InChI=1S/C17H16O3/c1-17(15(18)13-8-4-2-5-9-13)12-19-16(20-17)14-10-6-3-7-11-14/h2-11,16H,12H2,1H3/t16-,17-/m0/s1. The van der Waals surface area contributed by atoms with Crippen LogP contribution in [0.15, 0.2) is 60.7 Å². The Morgan fingerprint density at radius 2 is 1.65 bits per heavy atom. The fourth-order valence-corrected chi connectivity index (χ4v) is 2.33. The average molecular weight is 268 g/mol. The van der Waals surface area contributed by atoms with Crippen molar-refractivity contribution in [1.29, 1.82) is 0 Å². The zero-order valence-electron chi connectivity index (χ0n) is 11.3. The van der Waals surface area contributed by atoms with E-state index in [2.05, 4.69) is 0 Å². The summed E-state index contributed by atoms with van der Waals surface area (Å²) in [5, 5.41) is 0. The van der Waals surface area contributed by atoms with Gasteiger partial charge in [0.15, 0.2) is 17.7 Å². The Labute approximate surface area is 118 Å². The molecule has 3 heteroatoms. The molecule has 20 heavy (non-hydrogen) atoms. The second-order valence-corrected chi connectivity index (χ2v) is 5.10. The highest BCUT2D eigenvalue weighted by atomic mass is 16.7. The molecule has 0 bridgehead atoms. The molecule has 0 N–H and O–H groups in total. The minimum absolute atomic E-state index is 0.0449. The molecule has 0 radical (unpaired) electrons. The third-order valence-corrected chi connectivity index (χ3v) is 3.47. The van der Waals surface area contributed by atoms with Crippen LogP contribution in [-0.2, 0) is 9.47 Å². The van der Waals surface area contributed by atoms with Gasteiger partial charge in [-0.15, -0.1) is 0 Å². The molecule has 2 atom stereocenters. The second-order valence-electron chi connectivity index (χ2n) is 5.10. The molecule has 0 amide bonds. The third kappa shape index (κ3) is 2.38. The van der Waals surface area contributed by atoms with Crippen LogP contribution >= 0.6 is 0 Å². The van der Waals surface area contributed by atoms with Gasteiger partial charge < -0.3 is 9.47 Å². The van der Waals surface area contributed by atoms with E-state index in [0.29, 0.717) is 5.56 Å². The summed E-state index contributed by atoms with van der Waals surface area (Å²) in [6.07, 6.45) is -0.478. The predicted molar refractivity (Wildman–Crippen MR) is 75.4 cm³/mol. The normalized spacial score (nSPS) is 25.6. The predicted octanol–water partition coefficient (Wildman–Crippen LogP) is 3.37. The quantitative estimate of drug-likeness (QED) is 0.801. The molecule has 1 saturated heterocycles. The molecule has 102 valence electrons. The molecule has 0 spiro atoms. The number of Topliss-reactive ketones (excluding diaryl/α,β-unsaturated/α-hetero) is 1. The summed E-state index contributed by atoms with van der Waals surface area (Å²) in [4.78, 5) is 12.5. The van der Waals surface area contributed by atoms with Crippen molar-refractivity contribution in [3.05, 3.63) is 71.8 Å². The van der Waals surface area contributed by atoms with Crippen LogP contribution in [0.5, 0.6) is 0 Å². The molecule has 3 nitrogen and oxygen atoms in total. The highest BCUT2D eigenvalue weighted by Crippen LogP contribution is 2.35. The fraction of sp³-hybridized carbons (Fsp3) is 0.235. The van der Waals surface area contributed by atoms with Gasteiger partial charge in [-0.2, -0.15) is 0 Å². The van der Waals surface area contributed by atoms with Gasteiger partial charge in [0, 0.05) is 11.1 Å². The van der Waals surface area contributed by atoms with E-state index in [1.54, 1.807) is 19.1 Å². The number of carbonyl (C=O) groups is 1. The number of rotatable bonds is 3. The summed E-state index contributed by atoms with van der Waals surface area (Å²) in [5.41, 5.74) is 0.645. The first-order chi connectivity index (χ1) is 9.69. The second kappa shape index (κ2) is 5.19. The lowest BCUT2D eigenvalue weighted by molar-refractivity contribution is -0.0762. The van der Waals surface area contributed by atoms with Crippen molar-refractivity contribution in [3.8, 4) is 0 Å². The van der Waals surface area contributed by atoms with E-state index in [1.807, 2.05) is 48.5 Å². The molecule has 1 aliphatic rings. The van der Waals surface area contributed by atoms with Gasteiger partial charge in [-0.25, -0.2) is 0 Å². The molecular formula is C17H16O3. The summed E-state index contributed by atoms with van der Waals surface area (Å²) >= 11 is 0. The van der Waals surface area contributed by atoms with Crippen molar-refractivity contribution in [2.45, 2.75) is 18.8 Å². The number of hydrogen-bond acceptors (Lipinski definition) is 3. The van der Waals surface area contributed by atoms with Crippen molar-refractivity contribution >= 4 is 5.78 Å². The lowest BCUT2D eigenvalue weighted by Crippen LogP contribution is -2.37. The van der Waals surface area contributed by atoms with E-state index >= 15 is 0 Å². The molecule has 0 saturated carbocycles. The summed E-state index contributed by atoms with van der Waals surface area (Å²) in [6, 6.07) is 18.8. The SMILES string of the molecule is C[C@@]1(C(=O)c2ccccc2)CO[C@H](c2ccccc2)O1. The van der Waals surface area contributed by atoms with E-state index in [4.69, 9.17) is 9.47 Å². The molecule has 0 aliphatic carbocycles. The number of carbonyl (C=O) groups excluding carboxylic acids is 1. The first-order valence-corrected chi connectivity index (χ1v) is 6.63. The maximum absolute atomic E-state index is 12.5. The van der Waals surface area contributed by atoms with E-state index < -0.39 is 11.9 Å². The van der Waals surface area contributed by atoms with Gasteiger partial charge in [0.25, 0.3) is 0 Å². The minimum atomic E-state index is -0.929.